The van der Waals surface area contributed by atoms with E-state index in [1.807, 2.05) is 0 Å². The molecule has 0 aromatic heterocycles. The Balaban J connectivity index is 1.61. The van der Waals surface area contributed by atoms with Crippen LogP contribution in [0.2, 0.25) is 0 Å². The normalized spacial score (nSPS) is 24.6. The van der Waals surface area contributed by atoms with Crippen LogP contribution in [0.15, 0.2) is 42.1 Å². The van der Waals surface area contributed by atoms with Gasteiger partial charge < -0.3 is 9.64 Å². The van der Waals surface area contributed by atoms with E-state index in [-0.39, 0.29) is 0 Å². The van der Waals surface area contributed by atoms with E-state index in [1.165, 1.54) is 11.3 Å². The fraction of sp³-hybridized carbons (Fsp3) is 0.500. The lowest BCUT2D eigenvalue weighted by molar-refractivity contribution is 0.0515. The summed E-state index contributed by atoms with van der Waals surface area (Å²) in [5.74, 6) is 0. The minimum absolute atomic E-state index is 0.526. The monoisotopic (exact) mass is 258 g/mol. The quantitative estimate of drug-likeness (QED) is 0.826. The molecule has 0 amide bonds. The summed E-state index contributed by atoms with van der Waals surface area (Å²) in [4.78, 5) is 5.01. The van der Waals surface area contributed by atoms with Crippen molar-refractivity contribution in [2.24, 2.45) is 0 Å². The van der Waals surface area contributed by atoms with Crippen LogP contribution in [0.5, 0.6) is 0 Å². The number of ether oxygens (including phenoxy) is 1. The molecule has 0 radical (unpaired) electrons. The summed E-state index contributed by atoms with van der Waals surface area (Å²) in [5, 5.41) is 0. The lowest BCUT2D eigenvalue weighted by atomic mass is 10.2. The van der Waals surface area contributed by atoms with Crippen molar-refractivity contribution in [3.05, 3.63) is 47.7 Å². The molecular formula is C16H22N2O. The molecule has 2 aliphatic heterocycles. The average Bonchev–Trinajstić information content (AvgIpc) is 2.82. The van der Waals surface area contributed by atoms with E-state index in [4.69, 9.17) is 4.74 Å². The Morgan fingerprint density at radius 3 is 2.63 bits per heavy atom. The third-order valence-corrected chi connectivity index (χ3v) is 4.02. The van der Waals surface area contributed by atoms with Gasteiger partial charge in [0.2, 0.25) is 0 Å². The van der Waals surface area contributed by atoms with Gasteiger partial charge in [-0.25, -0.2) is 0 Å². The fourth-order valence-electron chi connectivity index (χ4n) is 2.86. The van der Waals surface area contributed by atoms with E-state index in [9.17, 15) is 0 Å². The first-order chi connectivity index (χ1) is 9.33. The summed E-state index contributed by atoms with van der Waals surface area (Å²) in [6, 6.07) is 11.3. The molecule has 0 N–H and O–H groups in total. The molecule has 3 nitrogen and oxygen atoms in total. The summed E-state index contributed by atoms with van der Waals surface area (Å²) in [6.07, 6.45) is 2.41. The Hall–Kier alpha value is -1.32. The van der Waals surface area contributed by atoms with Crippen molar-refractivity contribution in [1.82, 2.24) is 9.80 Å². The molecule has 1 aromatic carbocycles. The third-order valence-electron chi connectivity index (χ3n) is 4.02. The molecule has 1 aromatic rings. The first-order valence-electron chi connectivity index (χ1n) is 7.14. The van der Waals surface area contributed by atoms with Gasteiger partial charge in [-0.1, -0.05) is 30.3 Å². The molecule has 2 heterocycles. The molecule has 2 aliphatic rings. The summed E-state index contributed by atoms with van der Waals surface area (Å²) in [6.45, 7) is 8.20. The lowest BCUT2D eigenvalue weighted by Crippen LogP contribution is -2.37. The predicted octanol–water partition coefficient (Wildman–Crippen LogP) is 2.11. The second-order valence-corrected chi connectivity index (χ2v) is 5.39. The first-order valence-corrected chi connectivity index (χ1v) is 7.14. The topological polar surface area (TPSA) is 15.7 Å². The minimum atomic E-state index is 0.526. The molecule has 0 spiro atoms. The number of hydrogen-bond donors (Lipinski definition) is 0. The van der Waals surface area contributed by atoms with Crippen LogP contribution in [0.25, 0.3) is 0 Å². The molecular weight excluding hydrogens is 236 g/mol. The lowest BCUT2D eigenvalue weighted by Gasteiger charge is -2.30. The molecule has 0 aliphatic carbocycles. The standard InChI is InChI=1S/C16H22N2O/c1-14-11-16(17-7-9-19-10-8-17)13-18(14)12-15-5-3-2-4-6-15/h2-6,11,14H,7-10,12-13H2,1H3. The van der Waals surface area contributed by atoms with E-state index in [1.54, 1.807) is 0 Å². The highest BCUT2D eigenvalue weighted by molar-refractivity contribution is 5.19. The number of morpholine rings is 1. The molecule has 0 bridgehead atoms. The zero-order valence-electron chi connectivity index (χ0n) is 11.6. The van der Waals surface area contributed by atoms with Crippen LogP contribution in [-0.2, 0) is 11.3 Å². The minimum Gasteiger partial charge on any atom is -0.378 e. The van der Waals surface area contributed by atoms with E-state index in [0.717, 1.165) is 39.4 Å². The van der Waals surface area contributed by atoms with Gasteiger partial charge in [0, 0.05) is 37.9 Å². The molecule has 19 heavy (non-hydrogen) atoms. The zero-order chi connectivity index (χ0) is 13.1. The molecule has 102 valence electrons. The van der Waals surface area contributed by atoms with Crippen LogP contribution in [0.4, 0.5) is 0 Å². The Kier molecular flexibility index (Phi) is 3.85. The van der Waals surface area contributed by atoms with Gasteiger partial charge in [-0.2, -0.15) is 0 Å². The van der Waals surface area contributed by atoms with Gasteiger partial charge in [0.25, 0.3) is 0 Å². The van der Waals surface area contributed by atoms with E-state index in [2.05, 4.69) is 53.1 Å². The van der Waals surface area contributed by atoms with Crippen molar-refractivity contribution >= 4 is 0 Å². The van der Waals surface area contributed by atoms with Gasteiger partial charge in [0.1, 0.15) is 0 Å². The summed E-state index contributed by atoms with van der Waals surface area (Å²) >= 11 is 0. The van der Waals surface area contributed by atoms with Crippen molar-refractivity contribution in [2.75, 3.05) is 32.8 Å². The maximum atomic E-state index is 5.43. The van der Waals surface area contributed by atoms with E-state index < -0.39 is 0 Å². The molecule has 3 rings (SSSR count). The smallest absolute Gasteiger partial charge is 0.0642 e. The highest BCUT2D eigenvalue weighted by atomic mass is 16.5. The van der Waals surface area contributed by atoms with Crippen LogP contribution >= 0.6 is 0 Å². The maximum Gasteiger partial charge on any atom is 0.0642 e. The van der Waals surface area contributed by atoms with Crippen molar-refractivity contribution in [1.29, 1.82) is 0 Å². The largest absolute Gasteiger partial charge is 0.378 e. The van der Waals surface area contributed by atoms with Gasteiger partial charge in [0.15, 0.2) is 0 Å². The second-order valence-electron chi connectivity index (χ2n) is 5.39. The van der Waals surface area contributed by atoms with Gasteiger partial charge in [-0.15, -0.1) is 0 Å². The molecule has 3 heteroatoms. The van der Waals surface area contributed by atoms with Crippen LogP contribution in [-0.4, -0.2) is 48.7 Å². The van der Waals surface area contributed by atoms with Gasteiger partial charge in [0.05, 0.1) is 13.2 Å². The average molecular weight is 258 g/mol. The van der Waals surface area contributed by atoms with Crippen molar-refractivity contribution < 1.29 is 4.74 Å². The summed E-state index contributed by atoms with van der Waals surface area (Å²) < 4.78 is 5.43. The van der Waals surface area contributed by atoms with Crippen molar-refractivity contribution in [3.63, 3.8) is 0 Å². The molecule has 1 saturated heterocycles. The molecule has 1 fully saturated rings. The molecule has 1 atom stereocenters. The van der Waals surface area contributed by atoms with Gasteiger partial charge in [-0.05, 0) is 18.6 Å². The van der Waals surface area contributed by atoms with Crippen molar-refractivity contribution in [2.45, 2.75) is 19.5 Å². The SMILES string of the molecule is CC1C=C(N2CCOCC2)CN1Cc1ccccc1. The number of nitrogens with zero attached hydrogens (tertiary/aromatic N) is 2. The van der Waals surface area contributed by atoms with E-state index in [0.29, 0.717) is 6.04 Å². The molecule has 0 saturated carbocycles. The van der Waals surface area contributed by atoms with Gasteiger partial charge in [-0.3, -0.25) is 4.90 Å². The van der Waals surface area contributed by atoms with E-state index >= 15 is 0 Å². The second kappa shape index (κ2) is 5.76. The first kappa shape index (κ1) is 12.7. The summed E-state index contributed by atoms with van der Waals surface area (Å²) in [5.41, 5.74) is 2.87. The number of benzene rings is 1. The van der Waals surface area contributed by atoms with Crippen LogP contribution < -0.4 is 0 Å². The third kappa shape index (κ3) is 2.99. The van der Waals surface area contributed by atoms with Crippen molar-refractivity contribution in [3.8, 4) is 0 Å². The highest BCUT2D eigenvalue weighted by Crippen LogP contribution is 2.22. The Morgan fingerprint density at radius 1 is 1.16 bits per heavy atom. The highest BCUT2D eigenvalue weighted by Gasteiger charge is 2.25. The number of hydrogen-bond acceptors (Lipinski definition) is 3. The van der Waals surface area contributed by atoms with Crippen LogP contribution in [0.3, 0.4) is 0 Å². The maximum absolute atomic E-state index is 5.43. The number of rotatable bonds is 3. The Bertz CT molecular complexity index is 437. The fourth-order valence-corrected chi connectivity index (χ4v) is 2.86. The predicted molar refractivity (Wildman–Crippen MR) is 76.8 cm³/mol. The van der Waals surface area contributed by atoms with Crippen LogP contribution in [0.1, 0.15) is 12.5 Å². The Labute approximate surface area is 115 Å². The molecule has 1 unspecified atom stereocenters. The van der Waals surface area contributed by atoms with Gasteiger partial charge >= 0.3 is 0 Å². The van der Waals surface area contributed by atoms with Crippen LogP contribution in [0, 0.1) is 0 Å². The zero-order valence-corrected chi connectivity index (χ0v) is 11.6. The Morgan fingerprint density at radius 2 is 1.89 bits per heavy atom. The summed E-state index contributed by atoms with van der Waals surface area (Å²) in [7, 11) is 0.